The fourth-order valence-electron chi connectivity index (χ4n) is 2.46. The summed E-state index contributed by atoms with van der Waals surface area (Å²) < 4.78 is 5.03. The molecule has 0 aromatic carbocycles. The summed E-state index contributed by atoms with van der Waals surface area (Å²) in [6, 6.07) is -0.627. The van der Waals surface area contributed by atoms with Crippen molar-refractivity contribution in [3.8, 4) is 0 Å². The van der Waals surface area contributed by atoms with Gasteiger partial charge in [0.2, 0.25) is 0 Å². The van der Waals surface area contributed by atoms with E-state index in [1.165, 1.54) is 0 Å². The Morgan fingerprint density at radius 2 is 1.94 bits per heavy atom. The average Bonchev–Trinajstić information content (AvgIpc) is 2.56. The number of carbonyl (C=O) groups excluding carboxylic acids is 2. The summed E-state index contributed by atoms with van der Waals surface area (Å²) in [6.45, 7) is 7.54. The Bertz CT molecular complexity index is 340. The first-order valence-electron chi connectivity index (χ1n) is 6.37. The van der Waals surface area contributed by atoms with Crippen LogP contribution in [0.2, 0.25) is 0 Å². The number of cyclic esters (lactones) is 1. The molecule has 2 aliphatic heterocycles. The molecule has 0 saturated carbocycles. The van der Waals surface area contributed by atoms with Gasteiger partial charge >= 0.3 is 12.0 Å². The smallest absolute Gasteiger partial charge is 0.329 e. The van der Waals surface area contributed by atoms with Crippen LogP contribution in [0.1, 0.15) is 27.2 Å². The lowest BCUT2D eigenvalue weighted by Crippen LogP contribution is -2.51. The Morgan fingerprint density at radius 1 is 1.33 bits per heavy atom. The number of rotatable bonds is 1. The standard InChI is InChI=1S/C12H20N2O3S/c1-7-4-10(11(15)17-7)13-12(16)14-5-8(2)18-9(3)6-14/h7-10H,4-6H2,1-3H3,(H,13,16). The minimum atomic E-state index is -0.479. The second-order valence-corrected chi connectivity index (χ2v) is 7.03. The quantitative estimate of drug-likeness (QED) is 0.729. The molecule has 2 heterocycles. The number of esters is 1. The molecule has 2 amide bonds. The zero-order chi connectivity index (χ0) is 13.3. The summed E-state index contributed by atoms with van der Waals surface area (Å²) in [6.07, 6.45) is 0.468. The van der Waals surface area contributed by atoms with E-state index in [4.69, 9.17) is 4.74 Å². The van der Waals surface area contributed by atoms with Crippen molar-refractivity contribution in [2.45, 2.75) is 49.8 Å². The zero-order valence-electron chi connectivity index (χ0n) is 11.0. The average molecular weight is 272 g/mol. The normalized spacial score (nSPS) is 36.4. The van der Waals surface area contributed by atoms with Gasteiger partial charge in [0.25, 0.3) is 0 Å². The van der Waals surface area contributed by atoms with Crippen LogP contribution >= 0.6 is 11.8 Å². The van der Waals surface area contributed by atoms with E-state index in [9.17, 15) is 9.59 Å². The van der Waals surface area contributed by atoms with Gasteiger partial charge in [-0.25, -0.2) is 9.59 Å². The van der Waals surface area contributed by atoms with Crippen LogP contribution in [0.15, 0.2) is 0 Å². The molecule has 0 aromatic heterocycles. The van der Waals surface area contributed by atoms with Crippen molar-refractivity contribution in [2.75, 3.05) is 13.1 Å². The van der Waals surface area contributed by atoms with Crippen LogP contribution in [-0.2, 0) is 9.53 Å². The van der Waals surface area contributed by atoms with Crippen molar-refractivity contribution in [1.82, 2.24) is 10.2 Å². The van der Waals surface area contributed by atoms with E-state index >= 15 is 0 Å². The van der Waals surface area contributed by atoms with E-state index < -0.39 is 6.04 Å². The second-order valence-electron chi connectivity index (χ2n) is 5.15. The maximum absolute atomic E-state index is 12.1. The molecule has 0 aliphatic carbocycles. The van der Waals surface area contributed by atoms with Gasteiger partial charge in [-0.05, 0) is 6.92 Å². The van der Waals surface area contributed by atoms with Crippen LogP contribution < -0.4 is 5.32 Å². The summed E-state index contributed by atoms with van der Waals surface area (Å²) >= 11 is 1.89. The predicted octanol–water partition coefficient (Wildman–Crippen LogP) is 1.23. The minimum absolute atomic E-state index is 0.0995. The molecule has 5 nitrogen and oxygen atoms in total. The molecule has 0 radical (unpaired) electrons. The highest BCUT2D eigenvalue weighted by molar-refractivity contribution is 8.00. The lowest BCUT2D eigenvalue weighted by atomic mass is 10.2. The number of amides is 2. The largest absolute Gasteiger partial charge is 0.461 e. The van der Waals surface area contributed by atoms with Gasteiger partial charge in [-0.1, -0.05) is 13.8 Å². The third-order valence-corrected chi connectivity index (χ3v) is 4.40. The van der Waals surface area contributed by atoms with Crippen LogP contribution in [-0.4, -0.2) is 52.6 Å². The highest BCUT2D eigenvalue weighted by Gasteiger charge is 2.35. The van der Waals surface area contributed by atoms with Gasteiger partial charge in [0.05, 0.1) is 0 Å². The Labute approximate surface area is 112 Å². The van der Waals surface area contributed by atoms with Crippen molar-refractivity contribution in [1.29, 1.82) is 0 Å². The van der Waals surface area contributed by atoms with Crippen molar-refractivity contribution in [2.24, 2.45) is 0 Å². The van der Waals surface area contributed by atoms with E-state index in [-0.39, 0.29) is 18.1 Å². The van der Waals surface area contributed by atoms with Crippen molar-refractivity contribution >= 4 is 23.8 Å². The molecule has 1 N–H and O–H groups in total. The van der Waals surface area contributed by atoms with Gasteiger partial charge in [0.1, 0.15) is 12.1 Å². The third kappa shape index (κ3) is 3.10. The first-order chi connectivity index (χ1) is 8.45. The number of urea groups is 1. The number of nitrogens with one attached hydrogen (secondary N) is 1. The molecule has 102 valence electrons. The molecule has 4 unspecified atom stereocenters. The maximum Gasteiger partial charge on any atom is 0.329 e. The monoisotopic (exact) mass is 272 g/mol. The molecule has 0 bridgehead atoms. The van der Waals surface area contributed by atoms with E-state index in [0.29, 0.717) is 16.9 Å². The molecule has 18 heavy (non-hydrogen) atoms. The predicted molar refractivity (Wildman–Crippen MR) is 70.6 cm³/mol. The van der Waals surface area contributed by atoms with Crippen LogP contribution in [0, 0.1) is 0 Å². The molecule has 4 atom stereocenters. The van der Waals surface area contributed by atoms with Crippen LogP contribution in [0.3, 0.4) is 0 Å². The molecule has 2 aliphatic rings. The van der Waals surface area contributed by atoms with E-state index in [2.05, 4.69) is 19.2 Å². The van der Waals surface area contributed by atoms with Crippen molar-refractivity contribution < 1.29 is 14.3 Å². The third-order valence-electron chi connectivity index (χ3n) is 3.17. The Balaban J connectivity index is 1.89. The number of ether oxygens (including phenoxy) is 1. The van der Waals surface area contributed by atoms with Crippen LogP contribution in [0.4, 0.5) is 4.79 Å². The van der Waals surface area contributed by atoms with Crippen molar-refractivity contribution in [3.05, 3.63) is 0 Å². The molecular formula is C12H20N2O3S. The molecule has 6 heteroatoms. The van der Waals surface area contributed by atoms with Gasteiger partial charge in [0, 0.05) is 30.0 Å². The topological polar surface area (TPSA) is 58.6 Å². The number of carbonyl (C=O) groups is 2. The van der Waals surface area contributed by atoms with Gasteiger partial charge in [0.15, 0.2) is 0 Å². The zero-order valence-corrected chi connectivity index (χ0v) is 11.8. The number of thioether (sulfide) groups is 1. The first kappa shape index (κ1) is 13.5. The minimum Gasteiger partial charge on any atom is -0.461 e. The van der Waals surface area contributed by atoms with Gasteiger partial charge in [-0.2, -0.15) is 11.8 Å². The molecule has 2 fully saturated rings. The Kier molecular flexibility index (Phi) is 4.04. The van der Waals surface area contributed by atoms with Gasteiger partial charge < -0.3 is 15.0 Å². The highest BCUT2D eigenvalue weighted by atomic mass is 32.2. The van der Waals surface area contributed by atoms with E-state index in [1.54, 1.807) is 4.90 Å². The Morgan fingerprint density at radius 3 is 2.44 bits per heavy atom. The van der Waals surface area contributed by atoms with Crippen molar-refractivity contribution in [3.63, 3.8) is 0 Å². The summed E-state index contributed by atoms with van der Waals surface area (Å²) in [5.74, 6) is -0.316. The molecule has 2 rings (SSSR count). The lowest BCUT2D eigenvalue weighted by molar-refractivity contribution is -0.142. The Hall–Kier alpha value is -0.910. The summed E-state index contributed by atoms with van der Waals surface area (Å²) in [4.78, 5) is 25.4. The second kappa shape index (κ2) is 5.38. The fraction of sp³-hybridized carbons (Fsp3) is 0.833. The molecular weight excluding hydrogens is 252 g/mol. The molecule has 2 saturated heterocycles. The van der Waals surface area contributed by atoms with Gasteiger partial charge in [-0.3, -0.25) is 0 Å². The van der Waals surface area contributed by atoms with Crippen LogP contribution in [0.25, 0.3) is 0 Å². The summed E-state index contributed by atoms with van der Waals surface area (Å²) in [7, 11) is 0. The van der Waals surface area contributed by atoms with E-state index in [0.717, 1.165) is 13.1 Å². The van der Waals surface area contributed by atoms with Crippen LogP contribution in [0.5, 0.6) is 0 Å². The number of hydrogen-bond acceptors (Lipinski definition) is 4. The van der Waals surface area contributed by atoms with E-state index in [1.807, 2.05) is 18.7 Å². The molecule has 0 spiro atoms. The summed E-state index contributed by atoms with van der Waals surface area (Å²) in [5, 5.41) is 3.65. The highest BCUT2D eigenvalue weighted by Crippen LogP contribution is 2.25. The van der Waals surface area contributed by atoms with Gasteiger partial charge in [-0.15, -0.1) is 0 Å². The summed E-state index contributed by atoms with van der Waals surface area (Å²) in [5.41, 5.74) is 0. The first-order valence-corrected chi connectivity index (χ1v) is 7.31. The number of nitrogens with zero attached hydrogens (tertiary/aromatic N) is 1. The maximum atomic E-state index is 12.1. The number of hydrogen-bond donors (Lipinski definition) is 1. The fourth-order valence-corrected chi connectivity index (χ4v) is 3.78. The molecule has 0 aromatic rings. The SMILES string of the molecule is CC1CC(NC(=O)N2CC(C)SC(C)C2)C(=O)O1. The lowest BCUT2D eigenvalue weighted by Gasteiger charge is -2.34.